The first-order valence-electron chi connectivity index (χ1n) is 6.33. The Kier molecular flexibility index (Phi) is 5.21. The van der Waals surface area contributed by atoms with Crippen LogP contribution < -0.4 is 5.32 Å². The second-order valence-corrected chi connectivity index (χ2v) is 20.1. The smallest absolute Gasteiger partial charge is 0.0764 e. The summed E-state index contributed by atoms with van der Waals surface area (Å²) in [5.74, 6) is 0. The van der Waals surface area contributed by atoms with Crippen molar-refractivity contribution in [3.05, 3.63) is 41.6 Å². The van der Waals surface area contributed by atoms with E-state index in [1.165, 1.54) is 17.4 Å². The SMILES string of the molecule is CC(C)=C[SiH](CNc1ccccc1)[Si](C)(C)C. The van der Waals surface area contributed by atoms with Gasteiger partial charge in [0.25, 0.3) is 0 Å². The molecule has 0 spiro atoms. The molecular weight excluding hydrogens is 238 g/mol. The maximum Gasteiger partial charge on any atom is 0.0764 e. The summed E-state index contributed by atoms with van der Waals surface area (Å²) in [5.41, 5.74) is 5.31. The molecule has 1 unspecified atom stereocenters. The number of nitrogens with one attached hydrogen (secondary N) is 1. The van der Waals surface area contributed by atoms with E-state index in [9.17, 15) is 0 Å². The molecule has 1 aromatic carbocycles. The van der Waals surface area contributed by atoms with Gasteiger partial charge in [0.15, 0.2) is 0 Å². The first-order chi connectivity index (χ1) is 7.89. The van der Waals surface area contributed by atoms with Crippen molar-refractivity contribution in [2.45, 2.75) is 33.5 Å². The van der Waals surface area contributed by atoms with Crippen molar-refractivity contribution in [1.82, 2.24) is 0 Å². The number of anilines is 1. The van der Waals surface area contributed by atoms with Gasteiger partial charge in [0, 0.05) is 19.4 Å². The van der Waals surface area contributed by atoms with Crippen LogP contribution in [0.15, 0.2) is 41.6 Å². The fourth-order valence-corrected chi connectivity index (χ4v) is 8.94. The van der Waals surface area contributed by atoms with Gasteiger partial charge in [0.2, 0.25) is 0 Å². The molecule has 17 heavy (non-hydrogen) atoms. The second kappa shape index (κ2) is 6.21. The van der Waals surface area contributed by atoms with Gasteiger partial charge in [-0.05, 0) is 26.0 Å². The summed E-state index contributed by atoms with van der Waals surface area (Å²) in [6.45, 7) is 11.9. The Balaban J connectivity index is 2.66. The number of hydrogen-bond acceptors (Lipinski definition) is 1. The minimum Gasteiger partial charge on any atom is -0.388 e. The number of para-hydroxylation sites is 1. The Morgan fingerprint density at radius 3 is 2.24 bits per heavy atom. The fourth-order valence-electron chi connectivity index (χ4n) is 1.80. The van der Waals surface area contributed by atoms with Crippen molar-refractivity contribution >= 4 is 21.6 Å². The van der Waals surface area contributed by atoms with Crippen LogP contribution in [0, 0.1) is 0 Å². The molecule has 0 bridgehead atoms. The Labute approximate surface area is 108 Å². The third-order valence-corrected chi connectivity index (χ3v) is 14.7. The standard InChI is InChI=1S/C14H25NSi2/c1-13(2)11-16(17(3,4)5)12-15-14-9-7-6-8-10-14/h6-11,15-16H,12H2,1-5H3. The number of hydrogen-bond donors (Lipinski definition) is 1. The van der Waals surface area contributed by atoms with Crippen LogP contribution in [0.4, 0.5) is 5.69 Å². The zero-order valence-electron chi connectivity index (χ0n) is 11.7. The van der Waals surface area contributed by atoms with Crippen molar-refractivity contribution < 1.29 is 0 Å². The Bertz CT molecular complexity index is 362. The Hall–Kier alpha value is -0.806. The molecule has 1 atom stereocenters. The van der Waals surface area contributed by atoms with Crippen LogP contribution in [-0.2, 0) is 0 Å². The van der Waals surface area contributed by atoms with E-state index >= 15 is 0 Å². The van der Waals surface area contributed by atoms with Gasteiger partial charge in [-0.15, -0.1) is 0 Å². The quantitative estimate of drug-likeness (QED) is 0.797. The summed E-state index contributed by atoms with van der Waals surface area (Å²) in [7, 11) is -1.79. The summed E-state index contributed by atoms with van der Waals surface area (Å²) in [5, 5.41) is 3.61. The molecule has 0 saturated heterocycles. The predicted octanol–water partition coefficient (Wildman–Crippen LogP) is 3.79. The summed E-state index contributed by atoms with van der Waals surface area (Å²) in [6.07, 6.45) is 1.19. The highest BCUT2D eigenvalue weighted by Gasteiger charge is 2.25. The molecule has 3 heteroatoms. The van der Waals surface area contributed by atoms with Crippen molar-refractivity contribution in [3.8, 4) is 0 Å². The monoisotopic (exact) mass is 263 g/mol. The van der Waals surface area contributed by atoms with Crippen molar-refractivity contribution in [3.63, 3.8) is 0 Å². The molecule has 0 heterocycles. The number of benzene rings is 1. The van der Waals surface area contributed by atoms with Crippen LogP contribution in [0.5, 0.6) is 0 Å². The van der Waals surface area contributed by atoms with Crippen molar-refractivity contribution in [2.24, 2.45) is 0 Å². The highest BCUT2D eigenvalue weighted by Crippen LogP contribution is 2.12. The van der Waals surface area contributed by atoms with Crippen LogP contribution in [0.25, 0.3) is 0 Å². The van der Waals surface area contributed by atoms with Crippen LogP contribution in [0.3, 0.4) is 0 Å². The van der Waals surface area contributed by atoms with Gasteiger partial charge >= 0.3 is 0 Å². The van der Waals surface area contributed by atoms with Gasteiger partial charge in [-0.1, -0.05) is 49.1 Å². The van der Waals surface area contributed by atoms with Crippen LogP contribution in [0.1, 0.15) is 13.8 Å². The van der Waals surface area contributed by atoms with E-state index in [2.05, 4.69) is 74.8 Å². The molecule has 0 amide bonds. The molecule has 0 fully saturated rings. The normalized spacial score (nSPS) is 13.0. The van der Waals surface area contributed by atoms with Crippen molar-refractivity contribution in [2.75, 3.05) is 11.5 Å². The molecule has 0 aliphatic carbocycles. The van der Waals surface area contributed by atoms with Gasteiger partial charge < -0.3 is 5.32 Å². The van der Waals surface area contributed by atoms with Crippen LogP contribution >= 0.6 is 0 Å². The average Bonchev–Trinajstić information content (AvgIpc) is 2.23. The van der Waals surface area contributed by atoms with Gasteiger partial charge in [0.05, 0.1) is 8.31 Å². The lowest BCUT2D eigenvalue weighted by molar-refractivity contribution is 1.38. The molecular formula is C14H25NSi2. The molecule has 1 N–H and O–H groups in total. The zero-order chi connectivity index (χ0) is 12.9. The fraction of sp³-hybridized carbons (Fsp3) is 0.429. The zero-order valence-corrected chi connectivity index (χ0v) is 13.9. The lowest BCUT2D eigenvalue weighted by atomic mass is 10.3. The largest absolute Gasteiger partial charge is 0.388 e. The molecule has 94 valence electrons. The Morgan fingerprint density at radius 2 is 1.76 bits per heavy atom. The first-order valence-corrected chi connectivity index (χ1v) is 13.1. The van der Waals surface area contributed by atoms with E-state index < -0.39 is 15.9 Å². The molecule has 0 aliphatic rings. The third-order valence-electron chi connectivity index (χ3n) is 2.95. The minimum absolute atomic E-state index is 0.784. The van der Waals surface area contributed by atoms with Crippen molar-refractivity contribution in [1.29, 1.82) is 0 Å². The van der Waals surface area contributed by atoms with E-state index in [0.717, 1.165) is 0 Å². The summed E-state index contributed by atoms with van der Waals surface area (Å²) in [4.78, 5) is 0. The van der Waals surface area contributed by atoms with Gasteiger partial charge in [-0.3, -0.25) is 0 Å². The third kappa shape index (κ3) is 5.37. The lowest BCUT2D eigenvalue weighted by Gasteiger charge is -2.26. The van der Waals surface area contributed by atoms with Crippen LogP contribution in [0.2, 0.25) is 19.6 Å². The lowest BCUT2D eigenvalue weighted by Crippen LogP contribution is -2.46. The predicted molar refractivity (Wildman–Crippen MR) is 84.9 cm³/mol. The molecule has 1 rings (SSSR count). The van der Waals surface area contributed by atoms with E-state index in [-0.39, 0.29) is 0 Å². The van der Waals surface area contributed by atoms with Gasteiger partial charge in [-0.25, -0.2) is 0 Å². The maximum absolute atomic E-state index is 3.61. The minimum atomic E-state index is -1.00. The molecule has 1 nitrogen and oxygen atoms in total. The van der Waals surface area contributed by atoms with Crippen LogP contribution in [-0.4, -0.2) is 22.1 Å². The number of allylic oxidation sites excluding steroid dienone is 1. The van der Waals surface area contributed by atoms with E-state index in [0.29, 0.717) is 0 Å². The van der Waals surface area contributed by atoms with E-state index in [1.807, 2.05) is 0 Å². The molecule has 0 radical (unpaired) electrons. The molecule has 0 aromatic heterocycles. The van der Waals surface area contributed by atoms with E-state index in [1.54, 1.807) is 0 Å². The summed E-state index contributed by atoms with van der Waals surface area (Å²) in [6, 6.07) is 10.5. The first kappa shape index (κ1) is 14.3. The number of rotatable bonds is 5. The molecule has 1 aromatic rings. The van der Waals surface area contributed by atoms with E-state index in [4.69, 9.17) is 0 Å². The molecule has 0 aliphatic heterocycles. The maximum atomic E-state index is 3.61. The summed E-state index contributed by atoms with van der Waals surface area (Å²) < 4.78 is 0. The average molecular weight is 264 g/mol. The Morgan fingerprint density at radius 1 is 1.18 bits per heavy atom. The molecule has 0 saturated carbocycles. The highest BCUT2D eigenvalue weighted by molar-refractivity contribution is 7.33. The highest BCUT2D eigenvalue weighted by atomic mass is 29.2. The second-order valence-electron chi connectivity index (χ2n) is 5.96. The summed E-state index contributed by atoms with van der Waals surface area (Å²) >= 11 is 0. The van der Waals surface area contributed by atoms with Gasteiger partial charge in [-0.2, -0.15) is 0 Å². The van der Waals surface area contributed by atoms with Gasteiger partial charge in [0.1, 0.15) is 0 Å². The topological polar surface area (TPSA) is 12.0 Å².